The van der Waals surface area contributed by atoms with Crippen molar-refractivity contribution in [2.24, 2.45) is 0 Å². The minimum absolute atomic E-state index is 0. The van der Waals surface area contributed by atoms with Gasteiger partial charge in [0.05, 0.1) is 11.9 Å². The first-order valence-corrected chi connectivity index (χ1v) is 3.96. The van der Waals surface area contributed by atoms with Crippen LogP contribution < -0.4 is 4.90 Å². The zero-order valence-electron chi connectivity index (χ0n) is 7.53. The Hall–Kier alpha value is -0.346. The van der Waals surface area contributed by atoms with Crippen LogP contribution in [-0.4, -0.2) is 10.9 Å². The maximum atomic E-state index is 12.8. The summed E-state index contributed by atoms with van der Waals surface area (Å²) >= 11 is 0. The fraction of sp³-hybridized carbons (Fsp3) is 0.222. The Morgan fingerprint density at radius 3 is 2.93 bits per heavy atom. The van der Waals surface area contributed by atoms with Gasteiger partial charge >= 0.3 is 0 Å². The molecular formula is C9H8FN2OY-. The molecule has 1 aromatic heterocycles. The zero-order chi connectivity index (χ0) is 9.42. The molecule has 0 saturated carbocycles. The van der Waals surface area contributed by atoms with Gasteiger partial charge in [-0.3, -0.25) is 9.78 Å². The summed E-state index contributed by atoms with van der Waals surface area (Å²) < 4.78 is 12.8. The van der Waals surface area contributed by atoms with Crippen molar-refractivity contribution in [3.63, 3.8) is 0 Å². The van der Waals surface area contributed by atoms with Crippen LogP contribution in [0.25, 0.3) is 0 Å². The van der Waals surface area contributed by atoms with E-state index in [0.29, 0.717) is 18.5 Å². The first-order valence-electron chi connectivity index (χ1n) is 3.96. The molecule has 0 atom stereocenters. The molecule has 0 saturated heterocycles. The van der Waals surface area contributed by atoms with Gasteiger partial charge in [0.1, 0.15) is 5.82 Å². The molecule has 0 bridgehead atoms. The number of hydrogen-bond acceptors (Lipinski definition) is 2. The fourth-order valence-electron chi connectivity index (χ4n) is 1.38. The van der Waals surface area contributed by atoms with Crippen LogP contribution in [0.5, 0.6) is 0 Å². The summed E-state index contributed by atoms with van der Waals surface area (Å²) in [4.78, 5) is 16.3. The van der Waals surface area contributed by atoms with E-state index in [0.717, 1.165) is 11.9 Å². The summed E-state index contributed by atoms with van der Waals surface area (Å²) in [6.07, 6.45) is 2.12. The Morgan fingerprint density at radius 1 is 1.50 bits per heavy atom. The van der Waals surface area contributed by atoms with E-state index >= 15 is 0 Å². The van der Waals surface area contributed by atoms with Crippen LogP contribution in [0, 0.1) is 12.9 Å². The van der Waals surface area contributed by atoms with Crippen molar-refractivity contribution in [2.45, 2.75) is 12.8 Å². The van der Waals surface area contributed by atoms with Gasteiger partial charge < -0.3 is 4.90 Å². The van der Waals surface area contributed by atoms with Gasteiger partial charge in [0.15, 0.2) is 5.91 Å². The molecule has 0 aromatic carbocycles. The van der Waals surface area contributed by atoms with Crippen molar-refractivity contribution in [1.29, 1.82) is 0 Å². The van der Waals surface area contributed by atoms with E-state index in [4.69, 9.17) is 0 Å². The first kappa shape index (κ1) is 11.7. The number of pyridine rings is 1. The number of carbonyl (C=O) groups excluding carboxylic acids is 1. The smallest absolute Gasteiger partial charge is 0.197 e. The Balaban J connectivity index is 0.000000980. The number of halogens is 1. The third-order valence-electron chi connectivity index (χ3n) is 2.08. The number of carbonyl (C=O) groups is 1. The number of aryl methyl sites for hydroxylation is 1. The quantitative estimate of drug-likeness (QED) is 0.664. The summed E-state index contributed by atoms with van der Waals surface area (Å²) in [5.41, 5.74) is 1.22. The zero-order valence-corrected chi connectivity index (χ0v) is 10.4. The summed E-state index contributed by atoms with van der Waals surface area (Å²) in [5, 5.41) is 0. The molecule has 71 valence electrons. The van der Waals surface area contributed by atoms with E-state index in [-0.39, 0.29) is 38.6 Å². The van der Waals surface area contributed by atoms with Gasteiger partial charge in [0.25, 0.3) is 0 Å². The Bertz CT molecular complexity index is 370. The van der Waals surface area contributed by atoms with Gasteiger partial charge in [0, 0.05) is 51.2 Å². The number of rotatable bonds is 0. The topological polar surface area (TPSA) is 33.2 Å². The molecule has 1 radical (unpaired) electrons. The molecule has 0 fully saturated rings. The Morgan fingerprint density at radius 2 is 2.21 bits per heavy atom. The van der Waals surface area contributed by atoms with Crippen molar-refractivity contribution in [3.05, 3.63) is 30.8 Å². The van der Waals surface area contributed by atoms with Gasteiger partial charge in [-0.2, -0.15) is 0 Å². The maximum absolute atomic E-state index is 12.8. The van der Waals surface area contributed by atoms with Gasteiger partial charge in [-0.25, -0.2) is 11.4 Å². The Kier molecular flexibility index (Phi) is 3.73. The molecule has 0 spiro atoms. The SMILES string of the molecule is [CH2-]N1C(=O)CCc2ncc(F)cc21.[Y]. The molecule has 2 heterocycles. The van der Waals surface area contributed by atoms with Crippen LogP contribution in [0.2, 0.25) is 0 Å². The van der Waals surface area contributed by atoms with Gasteiger partial charge in [0.2, 0.25) is 0 Å². The van der Waals surface area contributed by atoms with E-state index in [2.05, 4.69) is 12.0 Å². The molecule has 3 nitrogen and oxygen atoms in total. The van der Waals surface area contributed by atoms with E-state index in [1.165, 1.54) is 11.0 Å². The molecule has 1 amide bonds. The number of fused-ring (bicyclic) bond motifs is 1. The standard InChI is InChI=1S/C9H8FN2O.Y/c1-12-8-4-6(10)5-11-7(8)2-3-9(12)13;/h4-5H,1-3H2;/q-1;. The second-order valence-corrected chi connectivity index (χ2v) is 2.94. The second-order valence-electron chi connectivity index (χ2n) is 2.94. The average Bonchev–Trinajstić information content (AvgIpc) is 2.12. The van der Waals surface area contributed by atoms with Crippen molar-refractivity contribution in [2.75, 3.05) is 4.90 Å². The monoisotopic (exact) mass is 268 g/mol. The molecule has 0 N–H and O–H groups in total. The normalized spacial score (nSPS) is 14.7. The van der Waals surface area contributed by atoms with Crippen molar-refractivity contribution >= 4 is 11.6 Å². The molecule has 1 aliphatic heterocycles. The predicted octanol–water partition coefficient (Wildman–Crippen LogP) is 1.29. The minimum Gasteiger partial charge on any atom is -0.466 e. The third-order valence-corrected chi connectivity index (χ3v) is 2.08. The molecule has 0 unspecified atom stereocenters. The molecular weight excluding hydrogens is 260 g/mol. The van der Waals surface area contributed by atoms with E-state index in [1.807, 2.05) is 0 Å². The molecule has 2 rings (SSSR count). The third kappa shape index (κ3) is 2.01. The van der Waals surface area contributed by atoms with Crippen LogP contribution in [0.4, 0.5) is 10.1 Å². The number of anilines is 1. The van der Waals surface area contributed by atoms with Crippen LogP contribution in [0.3, 0.4) is 0 Å². The minimum atomic E-state index is -0.443. The van der Waals surface area contributed by atoms with E-state index in [1.54, 1.807) is 0 Å². The molecule has 0 aliphatic carbocycles. The maximum Gasteiger partial charge on any atom is 0.197 e. The summed E-state index contributed by atoms with van der Waals surface area (Å²) in [6.45, 7) is 0. The van der Waals surface area contributed by atoms with E-state index in [9.17, 15) is 9.18 Å². The van der Waals surface area contributed by atoms with Crippen molar-refractivity contribution in [3.8, 4) is 0 Å². The molecule has 5 heteroatoms. The average molecular weight is 268 g/mol. The summed E-state index contributed by atoms with van der Waals surface area (Å²) in [7, 11) is 3.54. The summed E-state index contributed by atoms with van der Waals surface area (Å²) in [5.74, 6) is -0.540. The van der Waals surface area contributed by atoms with Crippen LogP contribution in [0.1, 0.15) is 12.1 Å². The van der Waals surface area contributed by atoms with Crippen LogP contribution >= 0.6 is 0 Å². The number of aromatic nitrogens is 1. The molecule has 14 heavy (non-hydrogen) atoms. The van der Waals surface area contributed by atoms with Gasteiger partial charge in [-0.1, -0.05) is 0 Å². The first-order chi connectivity index (χ1) is 6.18. The fourth-order valence-corrected chi connectivity index (χ4v) is 1.38. The number of nitrogens with zero attached hydrogens (tertiary/aromatic N) is 2. The van der Waals surface area contributed by atoms with Crippen LogP contribution in [-0.2, 0) is 43.9 Å². The number of amides is 1. The van der Waals surface area contributed by atoms with Crippen LogP contribution in [0.15, 0.2) is 12.3 Å². The largest absolute Gasteiger partial charge is 0.466 e. The molecule has 1 aliphatic rings. The van der Waals surface area contributed by atoms with Crippen molar-refractivity contribution in [1.82, 2.24) is 4.98 Å². The number of hydrogen-bond donors (Lipinski definition) is 0. The van der Waals surface area contributed by atoms with E-state index < -0.39 is 5.82 Å². The summed E-state index contributed by atoms with van der Waals surface area (Å²) in [6, 6.07) is 1.28. The van der Waals surface area contributed by atoms with Crippen molar-refractivity contribution < 1.29 is 41.9 Å². The second kappa shape index (κ2) is 4.45. The van der Waals surface area contributed by atoms with Gasteiger partial charge in [-0.15, -0.1) is 0 Å². The predicted molar refractivity (Wildman–Crippen MR) is 45.4 cm³/mol. The Labute approximate surface area is 107 Å². The molecule has 1 aromatic rings. The van der Waals surface area contributed by atoms with Gasteiger partial charge in [-0.05, 0) is 6.07 Å².